The van der Waals surface area contributed by atoms with E-state index in [9.17, 15) is 0 Å². The van der Waals surface area contributed by atoms with Gasteiger partial charge in [0.05, 0.1) is 9.50 Å². The van der Waals surface area contributed by atoms with E-state index in [1.54, 1.807) is 6.92 Å². The second kappa shape index (κ2) is 4.78. The number of allylic oxidation sites excluding steroid dienone is 1. The van der Waals surface area contributed by atoms with Crippen molar-refractivity contribution in [3.05, 3.63) is 29.7 Å². The van der Waals surface area contributed by atoms with Gasteiger partial charge in [-0.25, -0.2) is 0 Å². The predicted octanol–water partition coefficient (Wildman–Crippen LogP) is 4.61. The van der Waals surface area contributed by atoms with Gasteiger partial charge < -0.3 is 17.6 Å². The van der Waals surface area contributed by atoms with E-state index in [0.29, 0.717) is 5.69 Å². The van der Waals surface area contributed by atoms with E-state index in [0.717, 1.165) is 29.7 Å². The molecule has 21 heavy (non-hydrogen) atoms. The number of rotatable bonds is 0. The molecule has 2 nitrogen and oxygen atoms in total. The Morgan fingerprint density at radius 1 is 1.14 bits per heavy atom. The van der Waals surface area contributed by atoms with E-state index in [1.165, 1.54) is 8.96 Å². The summed E-state index contributed by atoms with van der Waals surface area (Å²) in [5.74, 6) is 0.00318. The highest BCUT2D eigenvalue weighted by atomic mass is 127. The second-order valence-corrected chi connectivity index (χ2v) is 8.27. The average Bonchev–Trinajstić information content (AvgIpc) is 2.78. The molecule has 0 saturated heterocycles. The maximum absolute atomic E-state index is 15.3. The van der Waals surface area contributed by atoms with Gasteiger partial charge in [-0.3, -0.25) is 0 Å². The first-order chi connectivity index (χ1) is 9.62. The van der Waals surface area contributed by atoms with Crippen LogP contribution in [0.1, 0.15) is 43.6 Å². The number of fused-ring (bicyclic) bond motifs is 1. The molecule has 0 aromatic carbocycles. The molecule has 2 unspecified atom stereocenters. The summed E-state index contributed by atoms with van der Waals surface area (Å²) in [6.07, 6.45) is 0. The summed E-state index contributed by atoms with van der Waals surface area (Å²) in [6, 6.07) is -0.244. The van der Waals surface area contributed by atoms with Crippen molar-refractivity contribution < 1.29 is 13.1 Å². The van der Waals surface area contributed by atoms with Gasteiger partial charge in [0.1, 0.15) is 11.8 Å². The standard InChI is InChI=1S/C14H17BF2I2N2/c1-6-11(18)9(4)20-13(6)8(3)14-7(2)12(19)10(5)21(14)15(20,16)17/h8-9H,1-5H3. The molecule has 114 valence electrons. The van der Waals surface area contributed by atoms with Gasteiger partial charge in [-0.2, -0.15) is 0 Å². The van der Waals surface area contributed by atoms with Gasteiger partial charge in [0.15, 0.2) is 0 Å². The molecule has 0 spiro atoms. The zero-order valence-electron chi connectivity index (χ0n) is 12.6. The third-order valence-corrected chi connectivity index (χ3v) is 8.22. The van der Waals surface area contributed by atoms with Crippen LogP contribution in [0.25, 0.3) is 0 Å². The van der Waals surface area contributed by atoms with Crippen LogP contribution in [0.3, 0.4) is 0 Å². The van der Waals surface area contributed by atoms with Crippen LogP contribution in [0, 0.1) is 17.4 Å². The zero-order valence-corrected chi connectivity index (χ0v) is 17.0. The molecule has 0 fully saturated rings. The SMILES string of the molecule is CC1=C(I)C(C)[N+]2=C1C(C)c1c(C)c(I)c(C)n1[B-]2(F)F. The van der Waals surface area contributed by atoms with Gasteiger partial charge in [-0.1, -0.05) is 0 Å². The second-order valence-electron chi connectivity index (χ2n) is 6.03. The van der Waals surface area contributed by atoms with E-state index >= 15 is 8.63 Å². The minimum absolute atomic E-state index is 0.00318. The Morgan fingerprint density at radius 2 is 1.71 bits per heavy atom. The molecule has 1 aromatic heterocycles. The molecule has 0 saturated carbocycles. The van der Waals surface area contributed by atoms with Crippen LogP contribution >= 0.6 is 45.2 Å². The van der Waals surface area contributed by atoms with Gasteiger partial charge >= 0.3 is 6.97 Å². The quantitative estimate of drug-likeness (QED) is 0.352. The van der Waals surface area contributed by atoms with Crippen molar-refractivity contribution in [3.8, 4) is 0 Å². The van der Waals surface area contributed by atoms with Gasteiger partial charge in [0.2, 0.25) is 0 Å². The Balaban J connectivity index is 2.38. The lowest BCUT2D eigenvalue weighted by molar-refractivity contribution is -0.451. The molecule has 3 rings (SSSR count). The van der Waals surface area contributed by atoms with E-state index in [4.69, 9.17) is 0 Å². The monoisotopic (exact) mass is 516 g/mol. The van der Waals surface area contributed by atoms with Crippen LogP contribution in [0.5, 0.6) is 0 Å². The van der Waals surface area contributed by atoms with Crippen LogP contribution < -0.4 is 0 Å². The van der Waals surface area contributed by atoms with Crippen molar-refractivity contribution in [1.29, 1.82) is 0 Å². The fourth-order valence-electron chi connectivity index (χ4n) is 3.98. The van der Waals surface area contributed by atoms with Crippen molar-refractivity contribution in [3.63, 3.8) is 0 Å². The average molecular weight is 516 g/mol. The number of hydrogen-bond donors (Lipinski definition) is 0. The molecule has 2 aliphatic heterocycles. The largest absolute Gasteiger partial charge is 0.732 e. The lowest BCUT2D eigenvalue weighted by Crippen LogP contribution is -2.56. The fraction of sp³-hybridized carbons (Fsp3) is 0.500. The highest BCUT2D eigenvalue weighted by Gasteiger charge is 2.57. The number of halogens is 4. The number of nitrogens with zero attached hydrogens (tertiary/aromatic N) is 2. The molecule has 0 bridgehead atoms. The number of hydrogen-bond acceptors (Lipinski definition) is 0. The summed E-state index contributed by atoms with van der Waals surface area (Å²) in [5.41, 5.74) is 4.30. The molecular weight excluding hydrogens is 499 g/mol. The third-order valence-electron chi connectivity index (χ3n) is 4.92. The maximum atomic E-state index is 15.3. The summed E-state index contributed by atoms with van der Waals surface area (Å²) < 4.78 is 35.2. The molecular formula is C14H17BF2I2N2. The highest BCUT2D eigenvalue weighted by molar-refractivity contribution is 14.1. The lowest BCUT2D eigenvalue weighted by Gasteiger charge is -2.36. The first-order valence-electron chi connectivity index (χ1n) is 7.03. The van der Waals surface area contributed by atoms with E-state index in [2.05, 4.69) is 45.2 Å². The first-order valence-corrected chi connectivity index (χ1v) is 9.19. The minimum atomic E-state index is -3.78. The third kappa shape index (κ3) is 1.82. The molecule has 1 aromatic rings. The molecule has 0 N–H and O–H groups in total. The Labute approximate surface area is 151 Å². The van der Waals surface area contributed by atoms with Crippen LogP contribution in [0.4, 0.5) is 8.63 Å². The molecule has 7 heteroatoms. The fourth-order valence-corrected chi connectivity index (χ4v) is 5.10. The van der Waals surface area contributed by atoms with Crippen LogP contribution in [0.15, 0.2) is 9.15 Å². The smallest absolute Gasteiger partial charge is 0.396 e. The van der Waals surface area contributed by atoms with Crippen molar-refractivity contribution in [2.75, 3.05) is 0 Å². The predicted molar refractivity (Wildman–Crippen MR) is 99.9 cm³/mol. The summed E-state index contributed by atoms with van der Waals surface area (Å²) in [6.45, 7) is 5.88. The van der Waals surface area contributed by atoms with Crippen molar-refractivity contribution in [2.24, 2.45) is 0 Å². The molecule has 2 atom stereocenters. The normalized spacial score (nSPS) is 27.3. The van der Waals surface area contributed by atoms with E-state index in [-0.39, 0.29) is 12.0 Å². The number of aromatic nitrogens is 1. The molecule has 2 aliphatic rings. The Kier molecular flexibility index (Phi) is 3.63. The van der Waals surface area contributed by atoms with Crippen LogP contribution in [-0.2, 0) is 0 Å². The van der Waals surface area contributed by atoms with Gasteiger partial charge in [0, 0.05) is 14.8 Å². The van der Waals surface area contributed by atoms with Gasteiger partial charge in [-0.05, 0) is 91.1 Å². The first kappa shape index (κ1) is 16.0. The summed E-state index contributed by atoms with van der Waals surface area (Å²) in [7, 11) is 0. The Hall–Kier alpha value is 0.0749. The van der Waals surface area contributed by atoms with E-state index in [1.807, 2.05) is 27.7 Å². The van der Waals surface area contributed by atoms with E-state index < -0.39 is 6.97 Å². The maximum Gasteiger partial charge on any atom is 0.732 e. The highest BCUT2D eigenvalue weighted by Crippen LogP contribution is 2.43. The van der Waals surface area contributed by atoms with Gasteiger partial charge in [-0.15, -0.1) is 0 Å². The summed E-state index contributed by atoms with van der Waals surface area (Å²) >= 11 is 4.41. The Morgan fingerprint density at radius 3 is 2.29 bits per heavy atom. The zero-order chi connectivity index (χ0) is 15.9. The van der Waals surface area contributed by atoms with Crippen molar-refractivity contribution >= 4 is 57.9 Å². The van der Waals surface area contributed by atoms with Crippen LogP contribution in [0.2, 0.25) is 0 Å². The topological polar surface area (TPSA) is 7.94 Å². The lowest BCUT2D eigenvalue weighted by atomic mass is 9.83. The summed E-state index contributed by atoms with van der Waals surface area (Å²) in [4.78, 5) is 0. The minimum Gasteiger partial charge on any atom is -0.396 e. The van der Waals surface area contributed by atoms with Crippen molar-refractivity contribution in [2.45, 2.75) is 46.6 Å². The molecule has 3 heterocycles. The Bertz CT molecular complexity index is 734. The van der Waals surface area contributed by atoms with Crippen molar-refractivity contribution in [1.82, 2.24) is 4.48 Å². The molecule has 0 amide bonds. The van der Waals surface area contributed by atoms with Gasteiger partial charge in [0.25, 0.3) is 0 Å². The molecule has 0 radical (unpaired) electrons. The van der Waals surface area contributed by atoms with Crippen LogP contribution in [-0.4, -0.2) is 27.7 Å². The molecule has 0 aliphatic carbocycles. The summed E-state index contributed by atoms with van der Waals surface area (Å²) in [5, 5.41) is 0.